The topological polar surface area (TPSA) is 95.0 Å². The van der Waals surface area contributed by atoms with Gasteiger partial charge in [0, 0.05) is 77.8 Å². The quantitative estimate of drug-likeness (QED) is 0.314. The third kappa shape index (κ3) is 7.78. The number of amides is 1. The number of carbonyl (C=O) groups is 1. The van der Waals surface area contributed by atoms with E-state index in [1.54, 1.807) is 12.4 Å². The van der Waals surface area contributed by atoms with Crippen LogP contribution in [0, 0.1) is 5.92 Å². The van der Waals surface area contributed by atoms with Crippen molar-refractivity contribution in [3.8, 4) is 0 Å². The molecule has 2 heterocycles. The van der Waals surface area contributed by atoms with Crippen molar-refractivity contribution in [2.24, 2.45) is 10.9 Å². The van der Waals surface area contributed by atoms with E-state index in [-0.39, 0.29) is 5.91 Å². The summed E-state index contributed by atoms with van der Waals surface area (Å²) in [7, 11) is 0. The summed E-state index contributed by atoms with van der Waals surface area (Å²) in [5.74, 6) is 2.47. The summed E-state index contributed by atoms with van der Waals surface area (Å²) in [5, 5.41) is 6.50. The average molecular weight is 418 g/mol. The summed E-state index contributed by atoms with van der Waals surface area (Å²) in [6.45, 7) is 8.71. The number of nitrogens with zero attached hydrogens (tertiary/aromatic N) is 5. The van der Waals surface area contributed by atoms with Crippen molar-refractivity contribution in [3.05, 3.63) is 18.5 Å². The number of aliphatic imine (C=N–C) groups is 1. The van der Waals surface area contributed by atoms with Crippen LogP contribution >= 0.6 is 0 Å². The molecule has 2 aliphatic rings. The van der Waals surface area contributed by atoms with Crippen LogP contribution in [0.4, 0.5) is 5.95 Å². The summed E-state index contributed by atoms with van der Waals surface area (Å²) in [5.41, 5.74) is 0. The van der Waals surface area contributed by atoms with E-state index in [4.69, 9.17) is 4.74 Å². The Kier molecular flexibility index (Phi) is 9.14. The second kappa shape index (κ2) is 12.3. The molecule has 0 bridgehead atoms. The van der Waals surface area contributed by atoms with Crippen molar-refractivity contribution in [1.29, 1.82) is 0 Å². The SMILES string of the molecule is CCNC(=NCCCOCC1CC1)NCCC(=O)N1CCN(c2ncccn2)CC1. The van der Waals surface area contributed by atoms with E-state index in [0.29, 0.717) is 26.1 Å². The Morgan fingerprint density at radius 2 is 1.97 bits per heavy atom. The summed E-state index contributed by atoms with van der Waals surface area (Å²) in [6, 6.07) is 1.81. The molecular weight excluding hydrogens is 382 g/mol. The zero-order valence-corrected chi connectivity index (χ0v) is 18.1. The first-order chi connectivity index (χ1) is 14.8. The molecule has 1 aliphatic heterocycles. The zero-order valence-electron chi connectivity index (χ0n) is 18.1. The summed E-state index contributed by atoms with van der Waals surface area (Å²) < 4.78 is 5.64. The van der Waals surface area contributed by atoms with Crippen molar-refractivity contribution in [2.75, 3.05) is 63.9 Å². The average Bonchev–Trinajstić information content (AvgIpc) is 3.61. The van der Waals surface area contributed by atoms with E-state index in [9.17, 15) is 4.79 Å². The van der Waals surface area contributed by atoms with E-state index >= 15 is 0 Å². The Morgan fingerprint density at radius 1 is 1.20 bits per heavy atom. The molecule has 1 saturated carbocycles. The molecule has 166 valence electrons. The predicted molar refractivity (Wildman–Crippen MR) is 118 cm³/mol. The minimum atomic E-state index is 0.167. The molecule has 0 aromatic carbocycles. The fourth-order valence-electron chi connectivity index (χ4n) is 3.29. The lowest BCUT2D eigenvalue weighted by Crippen LogP contribution is -2.50. The normalized spacial score (nSPS) is 17.2. The maximum Gasteiger partial charge on any atom is 0.225 e. The van der Waals surface area contributed by atoms with E-state index in [0.717, 1.165) is 63.6 Å². The first-order valence-electron chi connectivity index (χ1n) is 11.2. The molecular formula is C21H35N7O2. The number of piperazine rings is 1. The fraction of sp³-hybridized carbons (Fsp3) is 0.714. The molecule has 0 spiro atoms. The Labute approximate surface area is 179 Å². The van der Waals surface area contributed by atoms with Gasteiger partial charge in [-0.25, -0.2) is 9.97 Å². The molecule has 3 rings (SSSR count). The van der Waals surface area contributed by atoms with Crippen molar-refractivity contribution < 1.29 is 9.53 Å². The van der Waals surface area contributed by atoms with Crippen molar-refractivity contribution >= 4 is 17.8 Å². The van der Waals surface area contributed by atoms with E-state index < -0.39 is 0 Å². The van der Waals surface area contributed by atoms with Crippen LogP contribution in [0.3, 0.4) is 0 Å². The monoisotopic (exact) mass is 417 g/mol. The highest BCUT2D eigenvalue weighted by Crippen LogP contribution is 2.28. The largest absolute Gasteiger partial charge is 0.381 e. The van der Waals surface area contributed by atoms with Gasteiger partial charge >= 0.3 is 0 Å². The number of aromatic nitrogens is 2. The Morgan fingerprint density at radius 3 is 2.67 bits per heavy atom. The third-order valence-electron chi connectivity index (χ3n) is 5.21. The molecule has 2 fully saturated rings. The van der Waals surface area contributed by atoms with Crippen molar-refractivity contribution in [3.63, 3.8) is 0 Å². The highest BCUT2D eigenvalue weighted by molar-refractivity contribution is 5.81. The van der Waals surface area contributed by atoms with E-state index in [1.165, 1.54) is 12.8 Å². The van der Waals surface area contributed by atoms with Gasteiger partial charge < -0.3 is 25.2 Å². The minimum Gasteiger partial charge on any atom is -0.381 e. The molecule has 1 saturated heterocycles. The van der Waals surface area contributed by atoms with E-state index in [1.807, 2.05) is 17.9 Å². The van der Waals surface area contributed by atoms with Gasteiger partial charge in [0.25, 0.3) is 0 Å². The van der Waals surface area contributed by atoms with Gasteiger partial charge in [-0.05, 0) is 38.2 Å². The molecule has 9 nitrogen and oxygen atoms in total. The molecule has 9 heteroatoms. The van der Waals surface area contributed by atoms with Crippen LogP contribution < -0.4 is 15.5 Å². The smallest absolute Gasteiger partial charge is 0.225 e. The number of carbonyl (C=O) groups excluding carboxylic acids is 1. The van der Waals surface area contributed by atoms with Crippen molar-refractivity contribution in [1.82, 2.24) is 25.5 Å². The second-order valence-electron chi connectivity index (χ2n) is 7.73. The molecule has 0 atom stereocenters. The van der Waals surface area contributed by atoms with Gasteiger partial charge in [-0.3, -0.25) is 9.79 Å². The summed E-state index contributed by atoms with van der Waals surface area (Å²) >= 11 is 0. The Hall–Kier alpha value is -2.42. The maximum absolute atomic E-state index is 12.5. The molecule has 30 heavy (non-hydrogen) atoms. The first kappa shape index (κ1) is 22.3. The molecule has 1 amide bonds. The number of hydrogen-bond acceptors (Lipinski definition) is 6. The van der Waals surface area contributed by atoms with Gasteiger partial charge in [0.2, 0.25) is 11.9 Å². The predicted octanol–water partition coefficient (Wildman–Crippen LogP) is 0.887. The maximum atomic E-state index is 12.5. The van der Waals surface area contributed by atoms with Gasteiger partial charge in [0.1, 0.15) is 0 Å². The molecule has 1 aromatic rings. The van der Waals surface area contributed by atoms with Crippen LogP contribution in [0.15, 0.2) is 23.5 Å². The number of ether oxygens (including phenoxy) is 1. The molecule has 0 radical (unpaired) electrons. The zero-order chi connectivity index (χ0) is 21.0. The third-order valence-corrected chi connectivity index (χ3v) is 5.21. The lowest BCUT2D eigenvalue weighted by molar-refractivity contribution is -0.131. The van der Waals surface area contributed by atoms with Crippen LogP contribution in [-0.4, -0.2) is 85.8 Å². The number of nitrogens with one attached hydrogen (secondary N) is 2. The number of rotatable bonds is 11. The van der Waals surface area contributed by atoms with Crippen LogP contribution in [0.25, 0.3) is 0 Å². The van der Waals surface area contributed by atoms with Crippen LogP contribution in [0.5, 0.6) is 0 Å². The van der Waals surface area contributed by atoms with Gasteiger partial charge in [-0.15, -0.1) is 0 Å². The van der Waals surface area contributed by atoms with Crippen LogP contribution in [-0.2, 0) is 9.53 Å². The highest BCUT2D eigenvalue weighted by atomic mass is 16.5. The first-order valence-corrected chi connectivity index (χ1v) is 11.2. The second-order valence-corrected chi connectivity index (χ2v) is 7.73. The molecule has 2 N–H and O–H groups in total. The van der Waals surface area contributed by atoms with Crippen LogP contribution in [0.2, 0.25) is 0 Å². The van der Waals surface area contributed by atoms with Gasteiger partial charge in [0.15, 0.2) is 5.96 Å². The van der Waals surface area contributed by atoms with Crippen LogP contribution in [0.1, 0.15) is 32.6 Å². The Balaban J connectivity index is 1.30. The standard InChI is InChI=1S/C21H35N7O2/c1-2-22-20(23-10-4-16-30-17-18-5-6-18)24-11-7-19(29)27-12-14-28(15-13-27)21-25-8-3-9-26-21/h3,8-9,18H,2,4-7,10-17H2,1H3,(H2,22,23,24). The van der Waals surface area contributed by atoms with Crippen molar-refractivity contribution in [2.45, 2.75) is 32.6 Å². The lowest BCUT2D eigenvalue weighted by Gasteiger charge is -2.34. The summed E-state index contributed by atoms with van der Waals surface area (Å²) in [6.07, 6.45) is 7.51. The molecule has 0 unspecified atom stereocenters. The van der Waals surface area contributed by atoms with Gasteiger partial charge in [0.05, 0.1) is 0 Å². The Bertz CT molecular complexity index is 659. The van der Waals surface area contributed by atoms with Gasteiger partial charge in [-0.2, -0.15) is 0 Å². The molecule has 1 aromatic heterocycles. The minimum absolute atomic E-state index is 0.167. The van der Waals surface area contributed by atoms with E-state index in [2.05, 4.69) is 30.5 Å². The number of guanidine groups is 1. The fourth-order valence-corrected chi connectivity index (χ4v) is 3.29. The number of anilines is 1. The lowest BCUT2D eigenvalue weighted by atomic mass is 10.3. The molecule has 1 aliphatic carbocycles. The van der Waals surface area contributed by atoms with Gasteiger partial charge in [-0.1, -0.05) is 0 Å². The number of hydrogen-bond donors (Lipinski definition) is 2. The summed E-state index contributed by atoms with van der Waals surface area (Å²) in [4.78, 5) is 29.7. The highest BCUT2D eigenvalue weighted by Gasteiger charge is 2.22.